The Morgan fingerprint density at radius 2 is 1.79 bits per heavy atom. The van der Waals surface area contributed by atoms with Crippen LogP contribution < -0.4 is 16.0 Å². The van der Waals surface area contributed by atoms with Gasteiger partial charge in [0.25, 0.3) is 0 Å². The minimum absolute atomic E-state index is 0.0282. The van der Waals surface area contributed by atoms with Crippen LogP contribution in [0.25, 0.3) is 11.4 Å². The number of nitrogens with zero attached hydrogens (tertiary/aromatic N) is 4. The van der Waals surface area contributed by atoms with E-state index >= 15 is 0 Å². The van der Waals surface area contributed by atoms with Gasteiger partial charge in [0.1, 0.15) is 0 Å². The molecule has 200 valence electrons. The molecule has 0 radical (unpaired) electrons. The van der Waals surface area contributed by atoms with Crippen molar-refractivity contribution in [3.05, 3.63) is 59.4 Å². The van der Waals surface area contributed by atoms with Gasteiger partial charge in [-0.3, -0.25) is 9.78 Å². The van der Waals surface area contributed by atoms with Crippen LogP contribution in [0.15, 0.2) is 42.7 Å². The molecule has 0 bridgehead atoms. The predicted octanol–water partition coefficient (Wildman–Crippen LogP) is 3.98. The van der Waals surface area contributed by atoms with E-state index in [1.807, 2.05) is 0 Å². The molecule has 0 saturated heterocycles. The Hall–Kier alpha value is -4.29. The van der Waals surface area contributed by atoms with E-state index in [2.05, 4.69) is 35.9 Å². The molecule has 0 aliphatic heterocycles. The minimum atomic E-state index is -4.52. The summed E-state index contributed by atoms with van der Waals surface area (Å²) < 4.78 is 39.5. The highest BCUT2D eigenvalue weighted by molar-refractivity contribution is 5.89. The molecule has 3 aromatic rings. The summed E-state index contributed by atoms with van der Waals surface area (Å²) >= 11 is 0. The lowest BCUT2D eigenvalue weighted by atomic mass is 9.85. The molecule has 1 aliphatic carbocycles. The summed E-state index contributed by atoms with van der Waals surface area (Å²) in [6.45, 7) is -0.247. The Morgan fingerprint density at radius 3 is 2.47 bits per heavy atom. The highest BCUT2D eigenvalue weighted by Crippen LogP contribution is 2.32. The van der Waals surface area contributed by atoms with Crippen molar-refractivity contribution < 1.29 is 27.9 Å². The van der Waals surface area contributed by atoms with Gasteiger partial charge in [0.2, 0.25) is 17.8 Å². The van der Waals surface area contributed by atoms with E-state index in [1.165, 1.54) is 12.1 Å². The van der Waals surface area contributed by atoms with Gasteiger partial charge in [-0.1, -0.05) is 12.1 Å². The molecule has 0 unspecified atom stereocenters. The van der Waals surface area contributed by atoms with Crippen molar-refractivity contribution in [1.29, 1.82) is 0 Å². The minimum Gasteiger partial charge on any atom is -0.478 e. The van der Waals surface area contributed by atoms with Gasteiger partial charge >= 0.3 is 12.1 Å². The van der Waals surface area contributed by atoms with E-state index < -0.39 is 17.7 Å². The second-order valence-corrected chi connectivity index (χ2v) is 8.88. The number of hydrogen-bond acceptors (Lipinski definition) is 8. The van der Waals surface area contributed by atoms with Gasteiger partial charge in [0, 0.05) is 49.1 Å². The predicted molar refractivity (Wildman–Crippen MR) is 132 cm³/mol. The fourth-order valence-electron chi connectivity index (χ4n) is 4.33. The number of aromatic carboxylic acids is 1. The highest BCUT2D eigenvalue weighted by Gasteiger charge is 2.33. The first-order valence-electron chi connectivity index (χ1n) is 12.0. The molecular weight excluding hydrogens is 503 g/mol. The van der Waals surface area contributed by atoms with Gasteiger partial charge in [-0.15, -0.1) is 0 Å². The molecule has 4 N–H and O–H groups in total. The van der Waals surface area contributed by atoms with Crippen molar-refractivity contribution in [3.63, 3.8) is 0 Å². The Balaban J connectivity index is 1.36. The van der Waals surface area contributed by atoms with E-state index in [0.717, 1.165) is 18.5 Å². The quantitative estimate of drug-likeness (QED) is 0.341. The lowest BCUT2D eigenvalue weighted by molar-refractivity contribution is -0.138. The molecule has 10 nitrogen and oxygen atoms in total. The number of anilines is 2. The number of pyridine rings is 1. The second kappa shape index (κ2) is 11.4. The molecule has 1 aliphatic rings. The number of benzene rings is 1. The van der Waals surface area contributed by atoms with Gasteiger partial charge in [-0.05, 0) is 43.9 Å². The molecule has 1 amide bonds. The van der Waals surface area contributed by atoms with Crippen molar-refractivity contribution in [2.75, 3.05) is 17.7 Å². The maximum atomic E-state index is 13.2. The largest absolute Gasteiger partial charge is 0.478 e. The number of carbonyl (C=O) groups excluding carboxylic acids is 1. The first-order chi connectivity index (χ1) is 18.1. The van der Waals surface area contributed by atoms with E-state index in [1.54, 1.807) is 19.2 Å². The Labute approximate surface area is 216 Å². The molecule has 1 aromatic carbocycles. The molecule has 0 atom stereocenters. The summed E-state index contributed by atoms with van der Waals surface area (Å²) in [5, 5.41) is 18.0. The third kappa shape index (κ3) is 6.52. The number of amides is 1. The topological polar surface area (TPSA) is 142 Å². The second-order valence-electron chi connectivity index (χ2n) is 8.88. The molecule has 1 fully saturated rings. The van der Waals surface area contributed by atoms with Crippen molar-refractivity contribution in [2.45, 2.75) is 44.4 Å². The van der Waals surface area contributed by atoms with Crippen LogP contribution in [-0.4, -0.2) is 50.0 Å². The van der Waals surface area contributed by atoms with E-state index in [9.17, 15) is 27.9 Å². The third-order valence-electron chi connectivity index (χ3n) is 6.32. The maximum absolute atomic E-state index is 13.2. The van der Waals surface area contributed by atoms with Gasteiger partial charge < -0.3 is 21.1 Å². The Morgan fingerprint density at radius 1 is 1.05 bits per heavy atom. The zero-order valence-electron chi connectivity index (χ0n) is 20.4. The summed E-state index contributed by atoms with van der Waals surface area (Å²) in [7, 11) is 1.66. The molecule has 1 saturated carbocycles. The van der Waals surface area contributed by atoms with E-state index in [4.69, 9.17) is 0 Å². The summed E-state index contributed by atoms with van der Waals surface area (Å²) in [6, 6.07) is 7.14. The zero-order chi connectivity index (χ0) is 27.3. The van der Waals surface area contributed by atoms with Crippen molar-refractivity contribution >= 4 is 23.8 Å². The van der Waals surface area contributed by atoms with E-state index in [-0.39, 0.29) is 35.5 Å². The fraction of sp³-hybridized carbons (Fsp3) is 0.360. The fourth-order valence-corrected chi connectivity index (χ4v) is 4.33. The number of nitrogens with one attached hydrogen (secondary N) is 3. The first-order valence-corrected chi connectivity index (χ1v) is 12.0. The molecule has 2 aromatic heterocycles. The number of carboxylic acid groups (broad SMARTS) is 1. The SMILES string of the molecule is CNc1nc(N[C@H]2CC[C@@H](C(=O)NCc3cnccc3C(F)(F)F)CC2)nc(-c2cccc(C(=O)O)c2)n1. The van der Waals surface area contributed by atoms with Crippen LogP contribution in [0.3, 0.4) is 0 Å². The number of carbonyl (C=O) groups is 2. The number of alkyl halides is 3. The Bertz CT molecular complexity index is 1310. The lowest BCUT2D eigenvalue weighted by Crippen LogP contribution is -2.36. The van der Waals surface area contributed by atoms with E-state index in [0.29, 0.717) is 49.0 Å². The summed E-state index contributed by atoms with van der Waals surface area (Å²) in [5.41, 5.74) is -0.260. The average molecular weight is 530 g/mol. The van der Waals surface area contributed by atoms with Gasteiger partial charge in [0.05, 0.1) is 11.1 Å². The number of aromatic nitrogens is 4. The average Bonchev–Trinajstić information content (AvgIpc) is 2.91. The number of halogens is 3. The van der Waals surface area contributed by atoms with Gasteiger partial charge in [-0.25, -0.2) is 4.79 Å². The van der Waals surface area contributed by atoms with Gasteiger partial charge in [-0.2, -0.15) is 28.1 Å². The molecule has 13 heteroatoms. The smallest absolute Gasteiger partial charge is 0.416 e. The molecule has 38 heavy (non-hydrogen) atoms. The highest BCUT2D eigenvalue weighted by atomic mass is 19.4. The summed E-state index contributed by atoms with van der Waals surface area (Å²) in [4.78, 5) is 40.8. The molecule has 0 spiro atoms. The third-order valence-corrected chi connectivity index (χ3v) is 6.32. The lowest BCUT2D eigenvalue weighted by Gasteiger charge is -2.28. The number of hydrogen-bond donors (Lipinski definition) is 4. The number of rotatable bonds is 8. The van der Waals surface area contributed by atoms with Crippen LogP contribution in [0.2, 0.25) is 0 Å². The van der Waals surface area contributed by atoms with Crippen molar-refractivity contribution in [3.8, 4) is 11.4 Å². The van der Waals surface area contributed by atoms with Crippen LogP contribution in [0.4, 0.5) is 25.1 Å². The first kappa shape index (κ1) is 26.8. The van der Waals surface area contributed by atoms with Crippen LogP contribution in [-0.2, 0) is 17.5 Å². The van der Waals surface area contributed by atoms with Crippen LogP contribution >= 0.6 is 0 Å². The maximum Gasteiger partial charge on any atom is 0.416 e. The summed E-state index contributed by atoms with van der Waals surface area (Å²) in [5.74, 6) is -0.755. The van der Waals surface area contributed by atoms with Gasteiger partial charge in [0.15, 0.2) is 5.82 Å². The monoisotopic (exact) mass is 529 g/mol. The summed E-state index contributed by atoms with van der Waals surface area (Å²) in [6.07, 6.45) is 0.00922. The number of carboxylic acids is 1. The molecule has 4 rings (SSSR count). The Kier molecular flexibility index (Phi) is 8.03. The van der Waals surface area contributed by atoms with Crippen molar-refractivity contribution in [2.24, 2.45) is 5.92 Å². The normalized spacial score (nSPS) is 17.5. The molecular formula is C25H26F3N7O3. The molecule has 2 heterocycles. The van der Waals surface area contributed by atoms with Crippen LogP contribution in [0.1, 0.15) is 47.2 Å². The standard InChI is InChI=1S/C25H26F3N7O3/c1-29-23-33-20(15-3-2-4-16(11-15)22(37)38)34-24(35-23)32-18-7-5-14(6-8-18)21(36)31-13-17-12-30-10-9-19(17)25(26,27)28/h2-4,9-12,14,18H,5-8,13H2,1H3,(H,31,36)(H,37,38)(H2,29,32,33,34,35)/t14-,18+. The van der Waals surface area contributed by atoms with Crippen molar-refractivity contribution in [1.82, 2.24) is 25.3 Å². The van der Waals surface area contributed by atoms with Crippen LogP contribution in [0, 0.1) is 5.92 Å². The zero-order valence-corrected chi connectivity index (χ0v) is 20.4. The van der Waals surface area contributed by atoms with Crippen LogP contribution in [0.5, 0.6) is 0 Å².